The first-order valence-electron chi connectivity index (χ1n) is 8.26. The zero-order chi connectivity index (χ0) is 17.2. The Bertz CT molecular complexity index is 984. The topological polar surface area (TPSA) is 65.9 Å². The minimum Gasteiger partial charge on any atom is -0.381 e. The van der Waals surface area contributed by atoms with E-state index in [0.29, 0.717) is 5.82 Å². The Morgan fingerprint density at radius 1 is 1.16 bits per heavy atom. The number of aromatic amines is 1. The lowest BCUT2D eigenvalue weighted by Crippen LogP contribution is -2.07. The third-order valence-corrected chi connectivity index (χ3v) is 4.50. The van der Waals surface area contributed by atoms with Gasteiger partial charge < -0.3 is 20.0 Å². The Morgan fingerprint density at radius 3 is 2.76 bits per heavy atom. The summed E-state index contributed by atoms with van der Waals surface area (Å²) in [6.45, 7) is 0.746. The molecule has 1 atom stereocenters. The highest BCUT2D eigenvalue weighted by atomic mass is 16.3. The lowest BCUT2D eigenvalue weighted by Gasteiger charge is -2.13. The van der Waals surface area contributed by atoms with Crippen molar-refractivity contribution in [1.29, 1.82) is 0 Å². The molecule has 2 aromatic heterocycles. The van der Waals surface area contributed by atoms with Crippen LogP contribution in [0, 0.1) is 0 Å². The molecule has 0 fully saturated rings. The summed E-state index contributed by atoms with van der Waals surface area (Å²) in [5.41, 5.74) is 4.24. The van der Waals surface area contributed by atoms with Gasteiger partial charge in [0.25, 0.3) is 0 Å². The molecule has 25 heavy (non-hydrogen) atoms. The van der Waals surface area contributed by atoms with Crippen LogP contribution in [-0.4, -0.2) is 19.6 Å². The molecule has 2 aromatic carbocycles. The molecular formula is C20H20N4O. The predicted octanol–water partition coefficient (Wildman–Crippen LogP) is 3.60. The van der Waals surface area contributed by atoms with Crippen molar-refractivity contribution < 1.29 is 5.11 Å². The molecule has 0 saturated heterocycles. The van der Waals surface area contributed by atoms with E-state index in [1.165, 1.54) is 10.9 Å². The van der Waals surface area contributed by atoms with Gasteiger partial charge >= 0.3 is 0 Å². The molecule has 0 aliphatic rings. The van der Waals surface area contributed by atoms with Crippen molar-refractivity contribution in [3.05, 3.63) is 84.1 Å². The van der Waals surface area contributed by atoms with Crippen molar-refractivity contribution in [1.82, 2.24) is 14.5 Å². The van der Waals surface area contributed by atoms with Crippen LogP contribution < -0.4 is 5.32 Å². The van der Waals surface area contributed by atoms with E-state index in [1.54, 1.807) is 6.20 Å². The standard InChI is InChI=1S/C20H20N4O/c1-24-12-11-22-20(24)19(25)14-5-7-16(8-6-14)23-13-15-3-2-4-18-17(15)9-10-21-18/h2-12,19,21,23,25H,13H2,1H3/t19-/m1/s1. The van der Waals surface area contributed by atoms with Crippen LogP contribution in [0.3, 0.4) is 0 Å². The van der Waals surface area contributed by atoms with Gasteiger partial charge in [0.15, 0.2) is 0 Å². The number of aryl methyl sites for hydroxylation is 1. The molecule has 126 valence electrons. The highest BCUT2D eigenvalue weighted by Crippen LogP contribution is 2.23. The average molecular weight is 332 g/mol. The number of hydrogen-bond acceptors (Lipinski definition) is 3. The van der Waals surface area contributed by atoms with Gasteiger partial charge in [-0.3, -0.25) is 0 Å². The second-order valence-corrected chi connectivity index (χ2v) is 6.13. The summed E-state index contributed by atoms with van der Waals surface area (Å²) >= 11 is 0. The Hall–Kier alpha value is -3.05. The molecule has 0 amide bonds. The van der Waals surface area contributed by atoms with E-state index in [1.807, 2.05) is 48.3 Å². The summed E-state index contributed by atoms with van der Waals surface area (Å²) in [5.74, 6) is 0.639. The Kier molecular flexibility index (Phi) is 3.99. The number of nitrogens with zero attached hydrogens (tertiary/aromatic N) is 2. The molecule has 5 nitrogen and oxygen atoms in total. The predicted molar refractivity (Wildman–Crippen MR) is 99.3 cm³/mol. The molecule has 2 heterocycles. The monoisotopic (exact) mass is 332 g/mol. The number of hydrogen-bond donors (Lipinski definition) is 3. The number of nitrogens with one attached hydrogen (secondary N) is 2. The molecule has 0 aliphatic heterocycles. The van der Waals surface area contributed by atoms with Gasteiger partial charge in [-0.15, -0.1) is 0 Å². The summed E-state index contributed by atoms with van der Waals surface area (Å²) in [5, 5.41) is 15.1. The maximum Gasteiger partial charge on any atom is 0.142 e. The summed E-state index contributed by atoms with van der Waals surface area (Å²) in [6, 6.07) is 16.2. The zero-order valence-corrected chi connectivity index (χ0v) is 14.0. The van der Waals surface area contributed by atoms with Crippen LogP contribution in [0.5, 0.6) is 0 Å². The fourth-order valence-corrected chi connectivity index (χ4v) is 3.07. The summed E-state index contributed by atoms with van der Waals surface area (Å²) in [7, 11) is 1.88. The van der Waals surface area contributed by atoms with E-state index in [4.69, 9.17) is 0 Å². The number of anilines is 1. The summed E-state index contributed by atoms with van der Waals surface area (Å²) in [6.07, 6.45) is 4.76. The first-order valence-corrected chi connectivity index (χ1v) is 8.26. The quantitative estimate of drug-likeness (QED) is 0.523. The van der Waals surface area contributed by atoms with Crippen molar-refractivity contribution in [3.8, 4) is 0 Å². The third-order valence-electron chi connectivity index (χ3n) is 4.50. The summed E-state index contributed by atoms with van der Waals surface area (Å²) < 4.78 is 1.83. The Balaban J connectivity index is 1.47. The number of H-pyrrole nitrogens is 1. The third kappa shape index (κ3) is 3.02. The number of benzene rings is 2. The van der Waals surface area contributed by atoms with Crippen molar-refractivity contribution >= 4 is 16.6 Å². The molecule has 4 aromatic rings. The van der Waals surface area contributed by atoms with Crippen LogP contribution in [0.15, 0.2) is 67.1 Å². The zero-order valence-electron chi connectivity index (χ0n) is 14.0. The number of aromatic nitrogens is 3. The molecular weight excluding hydrogens is 312 g/mol. The number of imidazole rings is 1. The maximum atomic E-state index is 10.4. The van der Waals surface area contributed by atoms with Crippen molar-refractivity contribution in [2.75, 3.05) is 5.32 Å². The van der Waals surface area contributed by atoms with E-state index >= 15 is 0 Å². The molecule has 0 spiro atoms. The normalized spacial score (nSPS) is 12.4. The molecule has 0 bridgehead atoms. The molecule has 0 unspecified atom stereocenters. The van der Waals surface area contributed by atoms with Gasteiger partial charge in [-0.25, -0.2) is 4.98 Å². The SMILES string of the molecule is Cn1ccnc1[C@H](O)c1ccc(NCc2cccc3[nH]ccc23)cc1. The van der Waals surface area contributed by atoms with Crippen LogP contribution in [0.2, 0.25) is 0 Å². The minimum absolute atomic E-state index is 0.639. The summed E-state index contributed by atoms with van der Waals surface area (Å²) in [4.78, 5) is 7.44. The van der Waals surface area contributed by atoms with Crippen LogP contribution in [-0.2, 0) is 13.6 Å². The molecule has 3 N–H and O–H groups in total. The fourth-order valence-electron chi connectivity index (χ4n) is 3.07. The van der Waals surface area contributed by atoms with E-state index in [-0.39, 0.29) is 0 Å². The van der Waals surface area contributed by atoms with Gasteiger partial charge in [-0.2, -0.15) is 0 Å². The molecule has 0 aliphatic carbocycles. The van der Waals surface area contributed by atoms with E-state index in [9.17, 15) is 5.11 Å². The molecule has 0 radical (unpaired) electrons. The van der Waals surface area contributed by atoms with Gasteiger partial charge in [0.2, 0.25) is 0 Å². The second-order valence-electron chi connectivity index (χ2n) is 6.13. The van der Waals surface area contributed by atoms with Gasteiger partial charge in [-0.05, 0) is 35.4 Å². The van der Waals surface area contributed by atoms with Crippen molar-refractivity contribution in [2.45, 2.75) is 12.6 Å². The van der Waals surface area contributed by atoms with Gasteiger partial charge in [0.1, 0.15) is 11.9 Å². The van der Waals surface area contributed by atoms with E-state index in [2.05, 4.69) is 39.6 Å². The van der Waals surface area contributed by atoms with Gasteiger partial charge in [0, 0.05) is 48.8 Å². The van der Waals surface area contributed by atoms with Crippen molar-refractivity contribution in [2.24, 2.45) is 7.05 Å². The highest BCUT2D eigenvalue weighted by molar-refractivity contribution is 5.83. The van der Waals surface area contributed by atoms with Crippen LogP contribution in [0.25, 0.3) is 10.9 Å². The Morgan fingerprint density at radius 2 is 2.00 bits per heavy atom. The minimum atomic E-state index is -0.720. The largest absolute Gasteiger partial charge is 0.381 e. The number of rotatable bonds is 5. The van der Waals surface area contributed by atoms with Crippen LogP contribution in [0.1, 0.15) is 23.1 Å². The van der Waals surface area contributed by atoms with Crippen LogP contribution in [0.4, 0.5) is 5.69 Å². The molecule has 0 saturated carbocycles. The lowest BCUT2D eigenvalue weighted by atomic mass is 10.1. The first-order chi connectivity index (χ1) is 12.2. The maximum absolute atomic E-state index is 10.4. The van der Waals surface area contributed by atoms with Gasteiger partial charge in [-0.1, -0.05) is 24.3 Å². The molecule has 5 heteroatoms. The van der Waals surface area contributed by atoms with Crippen LogP contribution >= 0.6 is 0 Å². The fraction of sp³-hybridized carbons (Fsp3) is 0.150. The first kappa shape index (κ1) is 15.5. The Labute approximate surface area is 146 Å². The number of fused-ring (bicyclic) bond motifs is 1. The van der Waals surface area contributed by atoms with E-state index < -0.39 is 6.10 Å². The number of aliphatic hydroxyl groups excluding tert-OH is 1. The van der Waals surface area contributed by atoms with E-state index in [0.717, 1.165) is 23.3 Å². The van der Waals surface area contributed by atoms with Gasteiger partial charge in [0.05, 0.1) is 0 Å². The lowest BCUT2D eigenvalue weighted by molar-refractivity contribution is 0.206. The van der Waals surface area contributed by atoms with Crippen molar-refractivity contribution in [3.63, 3.8) is 0 Å². The number of aliphatic hydroxyl groups is 1. The highest BCUT2D eigenvalue weighted by Gasteiger charge is 2.14. The average Bonchev–Trinajstić information content (AvgIpc) is 3.28. The second kappa shape index (κ2) is 6.45. The molecule has 4 rings (SSSR count). The smallest absolute Gasteiger partial charge is 0.142 e.